The number of nitrogens with two attached hydrogens (primary N) is 1. The first-order chi connectivity index (χ1) is 12.5. The quantitative estimate of drug-likeness (QED) is 0.324. The first-order valence-corrected chi connectivity index (χ1v) is 9.80. The Hall–Kier alpha value is -0.930. The highest BCUT2D eigenvalue weighted by Gasteiger charge is 2.29. The summed E-state index contributed by atoms with van der Waals surface area (Å²) in [5.74, 6) is 0.622. The second-order valence-electron chi connectivity index (χ2n) is 7.84. The predicted molar refractivity (Wildman–Crippen MR) is 126 cm³/mol. The molecule has 2 unspecified atom stereocenters. The minimum absolute atomic E-state index is 0. The third-order valence-electron chi connectivity index (χ3n) is 4.25. The molecule has 1 heterocycles. The summed E-state index contributed by atoms with van der Waals surface area (Å²) in [6.45, 7) is 9.41. The molecule has 9 heteroatoms. The van der Waals surface area contributed by atoms with Gasteiger partial charge >= 0.3 is 6.09 Å². The van der Waals surface area contributed by atoms with Crippen molar-refractivity contribution >= 4 is 59.2 Å². The van der Waals surface area contributed by atoms with Gasteiger partial charge in [-0.2, -0.15) is 0 Å². The number of nitrogens with zero attached hydrogens (tertiary/aromatic N) is 2. The van der Waals surface area contributed by atoms with Gasteiger partial charge in [-0.25, -0.2) is 4.79 Å². The van der Waals surface area contributed by atoms with E-state index in [2.05, 4.69) is 10.3 Å². The van der Waals surface area contributed by atoms with Crippen LogP contribution in [0.25, 0.3) is 0 Å². The summed E-state index contributed by atoms with van der Waals surface area (Å²) in [4.78, 5) is 18.3. The second kappa shape index (κ2) is 10.7. The van der Waals surface area contributed by atoms with E-state index < -0.39 is 5.60 Å². The molecule has 28 heavy (non-hydrogen) atoms. The summed E-state index contributed by atoms with van der Waals surface area (Å²) in [6, 6.07) is 5.26. The van der Waals surface area contributed by atoms with Crippen LogP contribution in [-0.2, 0) is 4.74 Å². The molecular formula is C19H29Cl2IN4O2. The number of aliphatic imine (C=N–C) groups is 1. The van der Waals surface area contributed by atoms with E-state index in [1.165, 1.54) is 0 Å². The van der Waals surface area contributed by atoms with Crippen molar-refractivity contribution in [2.45, 2.75) is 45.8 Å². The zero-order chi connectivity index (χ0) is 20.2. The lowest BCUT2D eigenvalue weighted by molar-refractivity contribution is 0.0289. The maximum atomic E-state index is 12.1. The third kappa shape index (κ3) is 7.83. The molecule has 0 saturated carbocycles. The molecule has 1 saturated heterocycles. The molecule has 0 bridgehead atoms. The smallest absolute Gasteiger partial charge is 0.410 e. The van der Waals surface area contributed by atoms with Crippen molar-refractivity contribution in [3.05, 3.63) is 33.8 Å². The monoisotopic (exact) mass is 542 g/mol. The van der Waals surface area contributed by atoms with Gasteiger partial charge in [0.2, 0.25) is 0 Å². The maximum Gasteiger partial charge on any atom is 0.410 e. The normalized spacial score (nSPS) is 18.4. The van der Waals surface area contributed by atoms with Crippen molar-refractivity contribution in [3.63, 3.8) is 0 Å². The molecule has 1 aromatic rings. The van der Waals surface area contributed by atoms with Gasteiger partial charge in [0.1, 0.15) is 5.60 Å². The van der Waals surface area contributed by atoms with Gasteiger partial charge in [0.15, 0.2) is 5.96 Å². The van der Waals surface area contributed by atoms with Crippen LogP contribution >= 0.6 is 47.2 Å². The Bertz CT molecular complexity index is 710. The molecule has 1 fully saturated rings. The second-order valence-corrected chi connectivity index (χ2v) is 8.68. The van der Waals surface area contributed by atoms with Gasteiger partial charge in [0, 0.05) is 29.7 Å². The topological polar surface area (TPSA) is 80.0 Å². The van der Waals surface area contributed by atoms with E-state index in [0.29, 0.717) is 35.6 Å². The van der Waals surface area contributed by atoms with Crippen molar-refractivity contribution < 1.29 is 9.53 Å². The highest BCUT2D eigenvalue weighted by atomic mass is 127. The van der Waals surface area contributed by atoms with Crippen LogP contribution in [0.5, 0.6) is 0 Å². The van der Waals surface area contributed by atoms with E-state index in [1.807, 2.05) is 33.8 Å². The van der Waals surface area contributed by atoms with Crippen LogP contribution in [0, 0.1) is 5.92 Å². The SMILES string of the molecule is CC(NC(N)=NCC1CCN(C(=O)OC(C)(C)C)C1)c1ccc(Cl)cc1Cl.I. The molecule has 1 aliphatic heterocycles. The summed E-state index contributed by atoms with van der Waals surface area (Å²) >= 11 is 12.2. The zero-order valence-corrected chi connectivity index (χ0v) is 20.5. The highest BCUT2D eigenvalue weighted by molar-refractivity contribution is 14.0. The number of likely N-dealkylation sites (tertiary alicyclic amines) is 1. The van der Waals surface area contributed by atoms with Gasteiger partial charge in [-0.05, 0) is 57.7 Å². The standard InChI is InChI=1S/C19H28Cl2N4O2.HI/c1-12(15-6-5-14(20)9-16(15)21)24-17(22)23-10-13-7-8-25(11-13)18(26)27-19(2,3)4;/h5-6,9,12-13H,7-8,10-11H2,1-4H3,(H3,22,23,24);1H. The van der Waals surface area contributed by atoms with E-state index in [-0.39, 0.29) is 42.0 Å². The van der Waals surface area contributed by atoms with Crippen molar-refractivity contribution in [1.29, 1.82) is 0 Å². The van der Waals surface area contributed by atoms with Crippen LogP contribution in [0.4, 0.5) is 4.79 Å². The Morgan fingerprint density at radius 3 is 2.71 bits per heavy atom. The van der Waals surface area contributed by atoms with Crippen LogP contribution in [0.3, 0.4) is 0 Å². The summed E-state index contributed by atoms with van der Waals surface area (Å²) in [5.41, 5.74) is 6.43. The molecule has 1 aliphatic rings. The number of hydrogen-bond acceptors (Lipinski definition) is 3. The number of carbonyl (C=O) groups excluding carboxylic acids is 1. The number of halogens is 3. The number of nitrogens with one attached hydrogen (secondary N) is 1. The van der Waals surface area contributed by atoms with Gasteiger partial charge < -0.3 is 20.7 Å². The van der Waals surface area contributed by atoms with Crippen LogP contribution < -0.4 is 11.1 Å². The summed E-state index contributed by atoms with van der Waals surface area (Å²) in [7, 11) is 0. The van der Waals surface area contributed by atoms with Crippen molar-refractivity contribution in [3.8, 4) is 0 Å². The Labute approximate surface area is 194 Å². The average Bonchev–Trinajstić information content (AvgIpc) is 3.00. The number of carbonyl (C=O) groups is 1. The number of guanidine groups is 1. The number of rotatable bonds is 4. The zero-order valence-electron chi connectivity index (χ0n) is 16.7. The van der Waals surface area contributed by atoms with Crippen LogP contribution in [0.15, 0.2) is 23.2 Å². The molecule has 0 spiro atoms. The molecule has 3 N–H and O–H groups in total. The van der Waals surface area contributed by atoms with Gasteiger partial charge in [0.05, 0.1) is 6.04 Å². The van der Waals surface area contributed by atoms with E-state index in [1.54, 1.807) is 17.0 Å². The van der Waals surface area contributed by atoms with Crippen molar-refractivity contribution in [1.82, 2.24) is 10.2 Å². The summed E-state index contributed by atoms with van der Waals surface area (Å²) in [6.07, 6.45) is 0.611. The Morgan fingerprint density at radius 2 is 2.11 bits per heavy atom. The predicted octanol–water partition coefficient (Wildman–Crippen LogP) is 4.83. The number of hydrogen-bond donors (Lipinski definition) is 2. The van der Waals surface area contributed by atoms with Gasteiger partial charge in [-0.3, -0.25) is 4.99 Å². The molecule has 2 rings (SSSR count). The van der Waals surface area contributed by atoms with E-state index in [0.717, 1.165) is 12.0 Å². The minimum Gasteiger partial charge on any atom is -0.444 e. The lowest BCUT2D eigenvalue weighted by Gasteiger charge is -2.24. The molecule has 1 amide bonds. The molecule has 0 aliphatic carbocycles. The Kier molecular flexibility index (Phi) is 9.62. The van der Waals surface area contributed by atoms with E-state index >= 15 is 0 Å². The fourth-order valence-electron chi connectivity index (χ4n) is 2.90. The average molecular weight is 543 g/mol. The first kappa shape index (κ1) is 25.1. The fraction of sp³-hybridized carbons (Fsp3) is 0.579. The van der Waals surface area contributed by atoms with Crippen molar-refractivity contribution in [2.75, 3.05) is 19.6 Å². The van der Waals surface area contributed by atoms with Gasteiger partial charge in [-0.1, -0.05) is 29.3 Å². The molecule has 0 radical (unpaired) electrons. The maximum absolute atomic E-state index is 12.1. The first-order valence-electron chi connectivity index (χ1n) is 9.04. The Morgan fingerprint density at radius 1 is 1.43 bits per heavy atom. The lowest BCUT2D eigenvalue weighted by atomic mass is 10.1. The minimum atomic E-state index is -0.485. The molecule has 2 atom stereocenters. The fourth-order valence-corrected chi connectivity index (χ4v) is 3.47. The molecule has 1 aromatic carbocycles. The van der Waals surface area contributed by atoms with E-state index in [4.69, 9.17) is 33.7 Å². The number of ether oxygens (including phenoxy) is 1. The van der Waals surface area contributed by atoms with Crippen molar-refractivity contribution in [2.24, 2.45) is 16.6 Å². The molecule has 6 nitrogen and oxygen atoms in total. The van der Waals surface area contributed by atoms with E-state index in [9.17, 15) is 4.79 Å². The summed E-state index contributed by atoms with van der Waals surface area (Å²) in [5, 5.41) is 4.31. The van der Waals surface area contributed by atoms with Crippen LogP contribution in [-0.4, -0.2) is 42.2 Å². The van der Waals surface area contributed by atoms with Crippen LogP contribution in [0.2, 0.25) is 10.0 Å². The lowest BCUT2D eigenvalue weighted by Crippen LogP contribution is -2.36. The number of amides is 1. The highest BCUT2D eigenvalue weighted by Crippen LogP contribution is 2.26. The van der Waals surface area contributed by atoms with Crippen LogP contribution in [0.1, 0.15) is 45.7 Å². The third-order valence-corrected chi connectivity index (χ3v) is 4.81. The number of benzene rings is 1. The largest absolute Gasteiger partial charge is 0.444 e. The molecular weight excluding hydrogens is 514 g/mol. The Balaban J connectivity index is 0.00000392. The van der Waals surface area contributed by atoms with Gasteiger partial charge in [0.25, 0.3) is 0 Å². The molecule has 0 aromatic heterocycles. The summed E-state index contributed by atoms with van der Waals surface area (Å²) < 4.78 is 5.41. The van der Waals surface area contributed by atoms with Gasteiger partial charge in [-0.15, -0.1) is 24.0 Å². The molecule has 158 valence electrons.